The average Bonchev–Trinajstić information content (AvgIpc) is 3.41. The standard InChI is InChI=1S/C18H24N4O3/c23-15-5-4-13(19-20-15)16(24)22-10-2-1-3-14(22)17(25)21-11-8-18(6-7-18)9-12-21/h4-5,14H,1-3,6-12H2,(H,20,23). The molecule has 1 saturated carbocycles. The van der Waals surface area contributed by atoms with Crippen LogP contribution in [-0.2, 0) is 4.79 Å². The minimum Gasteiger partial charge on any atom is -0.341 e. The summed E-state index contributed by atoms with van der Waals surface area (Å²) >= 11 is 0. The molecule has 1 N–H and O–H groups in total. The zero-order valence-corrected chi connectivity index (χ0v) is 14.4. The quantitative estimate of drug-likeness (QED) is 0.872. The van der Waals surface area contributed by atoms with E-state index in [2.05, 4.69) is 10.2 Å². The summed E-state index contributed by atoms with van der Waals surface area (Å²) in [5.41, 5.74) is 0.374. The Labute approximate surface area is 146 Å². The van der Waals surface area contributed by atoms with Gasteiger partial charge in [-0.3, -0.25) is 14.4 Å². The predicted octanol–water partition coefficient (Wildman–Crippen LogP) is 1.17. The molecule has 3 aliphatic rings. The van der Waals surface area contributed by atoms with Crippen LogP contribution in [0.5, 0.6) is 0 Å². The van der Waals surface area contributed by atoms with Crippen LogP contribution in [0.2, 0.25) is 0 Å². The Morgan fingerprint density at radius 1 is 1.08 bits per heavy atom. The molecule has 134 valence electrons. The van der Waals surface area contributed by atoms with Gasteiger partial charge in [-0.1, -0.05) is 0 Å². The van der Waals surface area contributed by atoms with Crippen LogP contribution < -0.4 is 5.56 Å². The molecule has 1 unspecified atom stereocenters. The Balaban J connectivity index is 1.48. The molecular formula is C18H24N4O3. The van der Waals surface area contributed by atoms with Crippen LogP contribution in [0.15, 0.2) is 16.9 Å². The first-order valence-corrected chi connectivity index (χ1v) is 9.24. The van der Waals surface area contributed by atoms with Crippen molar-refractivity contribution in [2.24, 2.45) is 5.41 Å². The molecule has 3 heterocycles. The Morgan fingerprint density at radius 3 is 2.48 bits per heavy atom. The number of amides is 2. The normalized spacial score (nSPS) is 25.0. The van der Waals surface area contributed by atoms with Gasteiger partial charge in [-0.15, -0.1) is 0 Å². The van der Waals surface area contributed by atoms with Gasteiger partial charge in [-0.2, -0.15) is 5.10 Å². The zero-order valence-electron chi connectivity index (χ0n) is 14.4. The maximum Gasteiger partial charge on any atom is 0.274 e. The van der Waals surface area contributed by atoms with Crippen molar-refractivity contribution in [3.05, 3.63) is 28.2 Å². The fraction of sp³-hybridized carbons (Fsp3) is 0.667. The van der Waals surface area contributed by atoms with Crippen molar-refractivity contribution in [3.8, 4) is 0 Å². The highest BCUT2D eigenvalue weighted by Crippen LogP contribution is 2.53. The zero-order chi connectivity index (χ0) is 17.4. The van der Waals surface area contributed by atoms with Crippen molar-refractivity contribution >= 4 is 11.8 Å². The number of nitrogens with zero attached hydrogens (tertiary/aromatic N) is 3. The maximum absolute atomic E-state index is 13.0. The van der Waals surface area contributed by atoms with E-state index in [-0.39, 0.29) is 23.1 Å². The van der Waals surface area contributed by atoms with Crippen molar-refractivity contribution < 1.29 is 9.59 Å². The van der Waals surface area contributed by atoms with Crippen molar-refractivity contribution in [2.45, 2.75) is 51.0 Å². The van der Waals surface area contributed by atoms with Gasteiger partial charge >= 0.3 is 0 Å². The number of carbonyl (C=O) groups is 2. The number of rotatable bonds is 2. The van der Waals surface area contributed by atoms with Gasteiger partial charge in [-0.25, -0.2) is 5.10 Å². The van der Waals surface area contributed by atoms with Gasteiger partial charge in [0.15, 0.2) is 0 Å². The molecule has 0 bridgehead atoms. The summed E-state index contributed by atoms with van der Waals surface area (Å²) in [6.45, 7) is 2.19. The summed E-state index contributed by atoms with van der Waals surface area (Å²) in [4.78, 5) is 40.6. The first kappa shape index (κ1) is 16.3. The lowest BCUT2D eigenvalue weighted by molar-refractivity contribution is -0.138. The van der Waals surface area contributed by atoms with E-state index in [4.69, 9.17) is 0 Å². The van der Waals surface area contributed by atoms with Crippen LogP contribution in [0.1, 0.15) is 55.4 Å². The fourth-order valence-electron chi connectivity index (χ4n) is 4.13. The topological polar surface area (TPSA) is 86.4 Å². The third-order valence-corrected chi connectivity index (χ3v) is 6.04. The SMILES string of the molecule is O=C(C1CCCCN1C(=O)c1ccc(=O)[nH]n1)N1CCC2(CC1)CC2. The molecule has 1 spiro atoms. The van der Waals surface area contributed by atoms with Crippen molar-refractivity contribution in [2.75, 3.05) is 19.6 Å². The molecule has 1 aliphatic carbocycles. The summed E-state index contributed by atoms with van der Waals surface area (Å²) in [5, 5.41) is 6.13. The second kappa shape index (κ2) is 6.28. The summed E-state index contributed by atoms with van der Waals surface area (Å²) in [6, 6.07) is 2.32. The third-order valence-electron chi connectivity index (χ3n) is 6.04. The summed E-state index contributed by atoms with van der Waals surface area (Å²) in [6.07, 6.45) is 7.36. The third kappa shape index (κ3) is 3.19. The monoisotopic (exact) mass is 344 g/mol. The fourth-order valence-corrected chi connectivity index (χ4v) is 4.13. The predicted molar refractivity (Wildman–Crippen MR) is 91.0 cm³/mol. The number of nitrogens with one attached hydrogen (secondary N) is 1. The van der Waals surface area contributed by atoms with Gasteiger partial charge in [0.05, 0.1) is 0 Å². The van der Waals surface area contributed by atoms with Gasteiger partial charge in [0.25, 0.3) is 11.5 Å². The molecule has 3 fully saturated rings. The number of hydrogen-bond donors (Lipinski definition) is 1. The molecular weight excluding hydrogens is 320 g/mol. The number of piperidine rings is 2. The molecule has 1 aromatic heterocycles. The van der Waals surface area contributed by atoms with Crippen LogP contribution in [0, 0.1) is 5.41 Å². The molecule has 2 amide bonds. The molecule has 0 radical (unpaired) electrons. The Morgan fingerprint density at radius 2 is 1.84 bits per heavy atom. The largest absolute Gasteiger partial charge is 0.341 e. The molecule has 7 nitrogen and oxygen atoms in total. The van der Waals surface area contributed by atoms with E-state index in [0.717, 1.165) is 38.8 Å². The van der Waals surface area contributed by atoms with Crippen LogP contribution in [0.25, 0.3) is 0 Å². The van der Waals surface area contributed by atoms with Crippen LogP contribution in [-0.4, -0.2) is 57.5 Å². The molecule has 7 heteroatoms. The number of hydrogen-bond acceptors (Lipinski definition) is 4. The Bertz CT molecular complexity index is 710. The van der Waals surface area contributed by atoms with E-state index in [9.17, 15) is 14.4 Å². The highest BCUT2D eigenvalue weighted by molar-refractivity contribution is 5.96. The van der Waals surface area contributed by atoms with E-state index in [1.165, 1.54) is 25.0 Å². The van der Waals surface area contributed by atoms with E-state index in [0.29, 0.717) is 18.4 Å². The van der Waals surface area contributed by atoms with Gasteiger partial charge < -0.3 is 9.80 Å². The smallest absolute Gasteiger partial charge is 0.274 e. The molecule has 2 saturated heterocycles. The van der Waals surface area contributed by atoms with E-state index in [1.54, 1.807) is 4.90 Å². The lowest BCUT2D eigenvalue weighted by Crippen LogP contribution is -2.54. The van der Waals surface area contributed by atoms with Gasteiger partial charge in [-0.05, 0) is 56.4 Å². The number of likely N-dealkylation sites (tertiary alicyclic amines) is 2. The van der Waals surface area contributed by atoms with Gasteiger partial charge in [0.2, 0.25) is 5.91 Å². The first-order chi connectivity index (χ1) is 12.1. The highest BCUT2D eigenvalue weighted by Gasteiger charge is 2.46. The van der Waals surface area contributed by atoms with Gasteiger partial charge in [0, 0.05) is 25.7 Å². The molecule has 1 aromatic rings. The second-order valence-electron chi connectivity index (χ2n) is 7.64. The van der Waals surface area contributed by atoms with Crippen LogP contribution in [0.3, 0.4) is 0 Å². The maximum atomic E-state index is 13.0. The van der Waals surface area contributed by atoms with Gasteiger partial charge in [0.1, 0.15) is 11.7 Å². The van der Waals surface area contributed by atoms with Crippen molar-refractivity contribution in [1.82, 2.24) is 20.0 Å². The van der Waals surface area contributed by atoms with Crippen molar-refractivity contribution in [1.29, 1.82) is 0 Å². The van der Waals surface area contributed by atoms with E-state index >= 15 is 0 Å². The molecule has 1 atom stereocenters. The van der Waals surface area contributed by atoms with Crippen LogP contribution in [0.4, 0.5) is 0 Å². The van der Waals surface area contributed by atoms with E-state index in [1.807, 2.05) is 4.90 Å². The number of H-pyrrole nitrogens is 1. The number of aromatic amines is 1. The van der Waals surface area contributed by atoms with Crippen LogP contribution >= 0.6 is 0 Å². The van der Waals surface area contributed by atoms with Crippen molar-refractivity contribution in [3.63, 3.8) is 0 Å². The lowest BCUT2D eigenvalue weighted by Gasteiger charge is -2.40. The average molecular weight is 344 g/mol. The molecule has 2 aliphatic heterocycles. The number of aromatic nitrogens is 2. The molecule has 4 rings (SSSR count). The lowest BCUT2D eigenvalue weighted by atomic mass is 9.92. The van der Waals surface area contributed by atoms with E-state index < -0.39 is 6.04 Å². The molecule has 25 heavy (non-hydrogen) atoms. The summed E-state index contributed by atoms with van der Waals surface area (Å²) in [7, 11) is 0. The summed E-state index contributed by atoms with van der Waals surface area (Å²) < 4.78 is 0. The highest BCUT2D eigenvalue weighted by atomic mass is 16.2. The summed E-state index contributed by atoms with van der Waals surface area (Å²) in [5.74, 6) is -0.196. The minimum absolute atomic E-state index is 0.0768. The Hall–Kier alpha value is -2.18. The second-order valence-corrected chi connectivity index (χ2v) is 7.64. The first-order valence-electron chi connectivity index (χ1n) is 9.24. The minimum atomic E-state index is -0.400. The number of carbonyl (C=O) groups excluding carboxylic acids is 2. The Kier molecular flexibility index (Phi) is 4.09. The molecule has 0 aromatic carbocycles.